The van der Waals surface area contributed by atoms with Crippen LogP contribution in [-0.2, 0) is 0 Å². The molecule has 0 radical (unpaired) electrons. The maximum absolute atomic E-state index is 12.2. The highest BCUT2D eigenvalue weighted by molar-refractivity contribution is 5.95. The molecule has 0 aromatic heterocycles. The van der Waals surface area contributed by atoms with Gasteiger partial charge in [0.15, 0.2) is 0 Å². The van der Waals surface area contributed by atoms with Gasteiger partial charge in [-0.3, -0.25) is 4.79 Å². The summed E-state index contributed by atoms with van der Waals surface area (Å²) >= 11 is 0. The van der Waals surface area contributed by atoms with E-state index in [1.807, 2.05) is 42.5 Å². The minimum atomic E-state index is -0.160. The molecule has 0 aliphatic carbocycles. The second-order valence-corrected chi connectivity index (χ2v) is 5.52. The van der Waals surface area contributed by atoms with E-state index in [1.165, 1.54) is 0 Å². The van der Waals surface area contributed by atoms with Gasteiger partial charge in [-0.15, -0.1) is 0 Å². The van der Waals surface area contributed by atoms with E-state index < -0.39 is 0 Å². The van der Waals surface area contributed by atoms with E-state index in [0.717, 1.165) is 42.5 Å². The lowest BCUT2D eigenvalue weighted by Gasteiger charge is -2.06. The molecule has 0 heterocycles. The lowest BCUT2D eigenvalue weighted by molar-refractivity contribution is 0.0954. The molecule has 23 heavy (non-hydrogen) atoms. The molecule has 0 aliphatic heterocycles. The first-order valence-corrected chi connectivity index (χ1v) is 8.25. The number of unbranched alkanes of at least 4 members (excludes halogenated alkanes) is 1. The van der Waals surface area contributed by atoms with Crippen LogP contribution in [0.25, 0.3) is 11.1 Å². The minimum Gasteiger partial charge on any atom is -0.267 e. The van der Waals surface area contributed by atoms with Crippen LogP contribution in [0.15, 0.2) is 59.7 Å². The maximum atomic E-state index is 12.2. The van der Waals surface area contributed by atoms with Crippen molar-refractivity contribution in [1.82, 2.24) is 5.43 Å². The highest BCUT2D eigenvalue weighted by atomic mass is 16.2. The Morgan fingerprint density at radius 1 is 0.957 bits per heavy atom. The number of hydrogen-bond acceptors (Lipinski definition) is 2. The summed E-state index contributed by atoms with van der Waals surface area (Å²) in [5, 5.41) is 4.25. The van der Waals surface area contributed by atoms with Crippen molar-refractivity contribution < 1.29 is 4.79 Å². The largest absolute Gasteiger partial charge is 0.271 e. The van der Waals surface area contributed by atoms with Crippen molar-refractivity contribution in [1.29, 1.82) is 0 Å². The number of nitrogens with one attached hydrogen (secondary N) is 1. The van der Waals surface area contributed by atoms with Gasteiger partial charge in [0.25, 0.3) is 5.91 Å². The molecule has 1 N–H and O–H groups in total. The van der Waals surface area contributed by atoms with Crippen molar-refractivity contribution >= 4 is 11.6 Å². The Morgan fingerprint density at radius 3 is 2.22 bits per heavy atom. The first kappa shape index (κ1) is 16.9. The van der Waals surface area contributed by atoms with Gasteiger partial charge in [-0.1, -0.05) is 62.7 Å². The predicted molar refractivity (Wildman–Crippen MR) is 96.6 cm³/mol. The Hall–Kier alpha value is -2.42. The number of benzene rings is 2. The summed E-state index contributed by atoms with van der Waals surface area (Å²) in [6.07, 6.45) is 4.05. The van der Waals surface area contributed by atoms with Gasteiger partial charge in [-0.25, -0.2) is 5.43 Å². The molecule has 0 atom stereocenters. The average Bonchev–Trinajstić information content (AvgIpc) is 2.62. The van der Waals surface area contributed by atoms with E-state index in [4.69, 9.17) is 0 Å². The normalized spacial score (nSPS) is 11.3. The van der Waals surface area contributed by atoms with E-state index in [9.17, 15) is 4.79 Å². The molecule has 2 rings (SSSR count). The lowest BCUT2D eigenvalue weighted by Crippen LogP contribution is -2.19. The molecule has 0 saturated heterocycles. The van der Waals surface area contributed by atoms with Gasteiger partial charge in [0.1, 0.15) is 0 Å². The number of hydrogen-bond donors (Lipinski definition) is 1. The molecule has 0 spiro atoms. The maximum Gasteiger partial charge on any atom is 0.271 e. The molecule has 2 aromatic carbocycles. The summed E-state index contributed by atoms with van der Waals surface area (Å²) < 4.78 is 0. The summed E-state index contributed by atoms with van der Waals surface area (Å²) in [7, 11) is 0. The molecule has 3 heteroatoms. The van der Waals surface area contributed by atoms with Crippen LogP contribution in [0.1, 0.15) is 49.9 Å². The standard InChI is InChI=1S/C20H24N2O/c1-3-5-11-19(4-2)21-22-20(23)18-14-12-17(13-15-18)16-9-7-6-8-10-16/h6-10,12-15H,3-5,11H2,1-2H3,(H,22,23)/b21-19+. The zero-order chi connectivity index (χ0) is 16.5. The minimum absolute atomic E-state index is 0.160. The summed E-state index contributed by atoms with van der Waals surface area (Å²) in [5.41, 5.74) is 6.58. The fraction of sp³-hybridized carbons (Fsp3) is 0.300. The van der Waals surface area contributed by atoms with Crippen LogP contribution in [0.2, 0.25) is 0 Å². The third kappa shape index (κ3) is 5.06. The second-order valence-electron chi connectivity index (χ2n) is 5.52. The van der Waals surface area contributed by atoms with Gasteiger partial charge in [-0.05, 0) is 42.5 Å². The Labute approximate surface area is 138 Å². The van der Waals surface area contributed by atoms with Crippen LogP contribution >= 0.6 is 0 Å². The third-order valence-corrected chi connectivity index (χ3v) is 3.80. The fourth-order valence-electron chi connectivity index (χ4n) is 2.33. The Kier molecular flexibility index (Phi) is 6.55. The molecule has 1 amide bonds. The summed E-state index contributed by atoms with van der Waals surface area (Å²) in [6.45, 7) is 4.22. The number of amides is 1. The molecule has 0 saturated carbocycles. The highest BCUT2D eigenvalue weighted by Crippen LogP contribution is 2.19. The lowest BCUT2D eigenvalue weighted by atomic mass is 10.0. The zero-order valence-corrected chi connectivity index (χ0v) is 13.9. The van der Waals surface area contributed by atoms with Crippen LogP contribution in [0.4, 0.5) is 0 Å². The molecular formula is C20H24N2O. The fourth-order valence-corrected chi connectivity index (χ4v) is 2.33. The van der Waals surface area contributed by atoms with Crippen LogP contribution in [0.3, 0.4) is 0 Å². The SMILES string of the molecule is CCCC/C(CC)=N/NC(=O)c1ccc(-c2ccccc2)cc1. The number of hydrazone groups is 1. The summed E-state index contributed by atoms with van der Waals surface area (Å²) in [5.74, 6) is -0.160. The third-order valence-electron chi connectivity index (χ3n) is 3.80. The van der Waals surface area contributed by atoms with E-state index in [-0.39, 0.29) is 5.91 Å². The molecule has 0 bridgehead atoms. The first-order valence-electron chi connectivity index (χ1n) is 8.25. The van der Waals surface area contributed by atoms with Gasteiger partial charge in [-0.2, -0.15) is 5.10 Å². The van der Waals surface area contributed by atoms with Crippen molar-refractivity contribution in [3.05, 3.63) is 60.2 Å². The molecule has 0 unspecified atom stereocenters. The summed E-state index contributed by atoms with van der Waals surface area (Å²) in [4.78, 5) is 12.2. The number of rotatable bonds is 7. The summed E-state index contributed by atoms with van der Waals surface area (Å²) in [6, 6.07) is 17.7. The van der Waals surface area contributed by atoms with E-state index in [1.54, 1.807) is 0 Å². The Bertz CT molecular complexity index is 645. The Morgan fingerprint density at radius 2 is 1.61 bits per heavy atom. The Balaban J connectivity index is 2.01. The quantitative estimate of drug-likeness (QED) is 0.565. The van der Waals surface area contributed by atoms with Gasteiger partial charge >= 0.3 is 0 Å². The second kappa shape index (κ2) is 8.89. The van der Waals surface area contributed by atoms with Crippen molar-refractivity contribution in [2.24, 2.45) is 5.10 Å². The van der Waals surface area contributed by atoms with Crippen molar-refractivity contribution in [3.63, 3.8) is 0 Å². The van der Waals surface area contributed by atoms with Gasteiger partial charge in [0.05, 0.1) is 0 Å². The van der Waals surface area contributed by atoms with Gasteiger partial charge in [0, 0.05) is 11.3 Å². The predicted octanol–water partition coefficient (Wildman–Crippen LogP) is 5.04. The van der Waals surface area contributed by atoms with Crippen LogP contribution in [-0.4, -0.2) is 11.6 Å². The van der Waals surface area contributed by atoms with E-state index in [0.29, 0.717) is 5.56 Å². The number of carbonyl (C=O) groups is 1. The van der Waals surface area contributed by atoms with Crippen molar-refractivity contribution in [2.45, 2.75) is 39.5 Å². The topological polar surface area (TPSA) is 41.5 Å². The van der Waals surface area contributed by atoms with Crippen molar-refractivity contribution in [3.8, 4) is 11.1 Å². The molecule has 3 nitrogen and oxygen atoms in total. The monoisotopic (exact) mass is 308 g/mol. The van der Waals surface area contributed by atoms with Gasteiger partial charge < -0.3 is 0 Å². The zero-order valence-electron chi connectivity index (χ0n) is 13.9. The molecule has 0 fully saturated rings. The number of carbonyl (C=O) groups excluding carboxylic acids is 1. The van der Waals surface area contributed by atoms with E-state index >= 15 is 0 Å². The van der Waals surface area contributed by atoms with Crippen LogP contribution < -0.4 is 5.43 Å². The molecular weight excluding hydrogens is 284 g/mol. The van der Waals surface area contributed by atoms with E-state index in [2.05, 4.69) is 36.5 Å². The average molecular weight is 308 g/mol. The molecule has 2 aromatic rings. The molecule has 120 valence electrons. The van der Waals surface area contributed by atoms with Crippen LogP contribution in [0.5, 0.6) is 0 Å². The molecule has 0 aliphatic rings. The highest BCUT2D eigenvalue weighted by Gasteiger charge is 2.05. The van der Waals surface area contributed by atoms with Crippen molar-refractivity contribution in [2.75, 3.05) is 0 Å². The smallest absolute Gasteiger partial charge is 0.267 e. The number of nitrogens with zero attached hydrogens (tertiary/aromatic N) is 1. The van der Waals surface area contributed by atoms with Crippen LogP contribution in [0, 0.1) is 0 Å². The first-order chi connectivity index (χ1) is 11.2. The van der Waals surface area contributed by atoms with Gasteiger partial charge in [0.2, 0.25) is 0 Å².